The fourth-order valence-corrected chi connectivity index (χ4v) is 2.94. The first-order valence-electron chi connectivity index (χ1n) is 7.10. The lowest BCUT2D eigenvalue weighted by molar-refractivity contribution is 0.0573. The SMILES string of the molecule is COC1CCCC(NC(C)Cc2ccccc2)C1. The molecular formula is C16H25NO. The molecule has 0 amide bonds. The fourth-order valence-electron chi connectivity index (χ4n) is 2.94. The molecule has 2 nitrogen and oxygen atoms in total. The first-order chi connectivity index (χ1) is 8.78. The Labute approximate surface area is 111 Å². The lowest BCUT2D eigenvalue weighted by atomic mass is 9.92. The van der Waals surface area contributed by atoms with Gasteiger partial charge in [-0.25, -0.2) is 0 Å². The summed E-state index contributed by atoms with van der Waals surface area (Å²) in [5, 5.41) is 3.75. The van der Waals surface area contributed by atoms with Crippen LogP contribution in [0.3, 0.4) is 0 Å². The molecule has 0 spiro atoms. The van der Waals surface area contributed by atoms with E-state index in [1.807, 2.05) is 7.11 Å². The topological polar surface area (TPSA) is 21.3 Å². The molecule has 100 valence electrons. The predicted molar refractivity (Wildman–Crippen MR) is 75.8 cm³/mol. The summed E-state index contributed by atoms with van der Waals surface area (Å²) in [6, 6.07) is 11.9. The van der Waals surface area contributed by atoms with Crippen molar-refractivity contribution in [2.24, 2.45) is 0 Å². The Balaban J connectivity index is 1.78. The maximum atomic E-state index is 5.48. The van der Waals surface area contributed by atoms with Crippen molar-refractivity contribution in [3.8, 4) is 0 Å². The van der Waals surface area contributed by atoms with E-state index in [1.54, 1.807) is 0 Å². The van der Waals surface area contributed by atoms with Gasteiger partial charge in [-0.05, 0) is 44.6 Å². The van der Waals surface area contributed by atoms with Crippen LogP contribution < -0.4 is 5.32 Å². The second kappa shape index (κ2) is 6.91. The van der Waals surface area contributed by atoms with E-state index < -0.39 is 0 Å². The van der Waals surface area contributed by atoms with E-state index in [9.17, 15) is 0 Å². The Morgan fingerprint density at radius 1 is 1.28 bits per heavy atom. The monoisotopic (exact) mass is 247 g/mol. The smallest absolute Gasteiger partial charge is 0.0586 e. The van der Waals surface area contributed by atoms with Crippen LogP contribution in [0.15, 0.2) is 30.3 Å². The van der Waals surface area contributed by atoms with E-state index in [0.29, 0.717) is 18.2 Å². The zero-order valence-corrected chi connectivity index (χ0v) is 11.6. The number of methoxy groups -OCH3 is 1. The molecule has 3 unspecified atom stereocenters. The minimum absolute atomic E-state index is 0.458. The maximum Gasteiger partial charge on any atom is 0.0586 e. The molecule has 0 radical (unpaired) electrons. The van der Waals surface area contributed by atoms with Gasteiger partial charge in [-0.15, -0.1) is 0 Å². The van der Waals surface area contributed by atoms with Gasteiger partial charge in [-0.1, -0.05) is 30.3 Å². The normalized spacial score (nSPS) is 25.9. The summed E-state index contributed by atoms with van der Waals surface area (Å²) >= 11 is 0. The van der Waals surface area contributed by atoms with Crippen molar-refractivity contribution in [3.05, 3.63) is 35.9 Å². The summed E-state index contributed by atoms with van der Waals surface area (Å²) in [6.07, 6.45) is 6.53. The van der Waals surface area contributed by atoms with E-state index in [-0.39, 0.29) is 0 Å². The van der Waals surface area contributed by atoms with E-state index in [2.05, 4.69) is 42.6 Å². The molecular weight excluding hydrogens is 222 g/mol. The first kappa shape index (κ1) is 13.6. The number of benzene rings is 1. The number of ether oxygens (including phenoxy) is 1. The molecule has 0 aromatic heterocycles. The molecule has 0 aliphatic heterocycles. The fraction of sp³-hybridized carbons (Fsp3) is 0.625. The van der Waals surface area contributed by atoms with Gasteiger partial charge in [0.15, 0.2) is 0 Å². The summed E-state index contributed by atoms with van der Waals surface area (Å²) in [5.41, 5.74) is 1.41. The highest BCUT2D eigenvalue weighted by Gasteiger charge is 2.22. The van der Waals surface area contributed by atoms with Gasteiger partial charge in [0.25, 0.3) is 0 Å². The van der Waals surface area contributed by atoms with Crippen LogP contribution in [0, 0.1) is 0 Å². The third kappa shape index (κ3) is 4.11. The molecule has 2 heteroatoms. The highest BCUT2D eigenvalue weighted by molar-refractivity contribution is 5.15. The van der Waals surface area contributed by atoms with Gasteiger partial charge in [-0.3, -0.25) is 0 Å². The van der Waals surface area contributed by atoms with Crippen molar-refractivity contribution in [2.45, 2.75) is 57.2 Å². The highest BCUT2D eigenvalue weighted by Crippen LogP contribution is 2.21. The van der Waals surface area contributed by atoms with Gasteiger partial charge in [0.2, 0.25) is 0 Å². The van der Waals surface area contributed by atoms with Gasteiger partial charge in [0, 0.05) is 19.2 Å². The zero-order valence-electron chi connectivity index (χ0n) is 11.6. The molecule has 0 saturated heterocycles. The van der Waals surface area contributed by atoms with Gasteiger partial charge in [0.05, 0.1) is 6.10 Å². The van der Waals surface area contributed by atoms with Crippen LogP contribution in [0.25, 0.3) is 0 Å². The largest absolute Gasteiger partial charge is 0.381 e. The van der Waals surface area contributed by atoms with Crippen molar-refractivity contribution in [1.29, 1.82) is 0 Å². The van der Waals surface area contributed by atoms with Crippen LogP contribution in [0.1, 0.15) is 38.2 Å². The Morgan fingerprint density at radius 2 is 2.06 bits per heavy atom. The van der Waals surface area contributed by atoms with Gasteiger partial charge in [0.1, 0.15) is 0 Å². The van der Waals surface area contributed by atoms with Crippen molar-refractivity contribution >= 4 is 0 Å². The Morgan fingerprint density at radius 3 is 2.78 bits per heavy atom. The molecule has 3 atom stereocenters. The van der Waals surface area contributed by atoms with Crippen LogP contribution >= 0.6 is 0 Å². The Bertz CT molecular complexity index is 338. The number of hydrogen-bond donors (Lipinski definition) is 1. The van der Waals surface area contributed by atoms with Crippen molar-refractivity contribution < 1.29 is 4.74 Å². The minimum atomic E-state index is 0.458. The summed E-state index contributed by atoms with van der Waals surface area (Å²) in [7, 11) is 1.83. The first-order valence-corrected chi connectivity index (χ1v) is 7.10. The molecule has 1 N–H and O–H groups in total. The average Bonchev–Trinajstić information content (AvgIpc) is 2.40. The molecule has 1 aliphatic rings. The van der Waals surface area contributed by atoms with Crippen LogP contribution in [-0.2, 0) is 11.2 Å². The molecule has 1 aromatic rings. The highest BCUT2D eigenvalue weighted by atomic mass is 16.5. The van der Waals surface area contributed by atoms with E-state index in [4.69, 9.17) is 4.74 Å². The predicted octanol–water partition coefficient (Wildman–Crippen LogP) is 3.16. The second-order valence-corrected chi connectivity index (χ2v) is 5.48. The number of hydrogen-bond acceptors (Lipinski definition) is 2. The molecule has 2 rings (SSSR count). The minimum Gasteiger partial charge on any atom is -0.381 e. The van der Waals surface area contributed by atoms with Crippen LogP contribution in [0.2, 0.25) is 0 Å². The Hall–Kier alpha value is -0.860. The lowest BCUT2D eigenvalue weighted by Gasteiger charge is -2.31. The molecule has 0 heterocycles. The van der Waals surface area contributed by atoms with Gasteiger partial charge >= 0.3 is 0 Å². The van der Waals surface area contributed by atoms with E-state index >= 15 is 0 Å². The molecule has 0 bridgehead atoms. The number of nitrogens with one attached hydrogen (secondary N) is 1. The van der Waals surface area contributed by atoms with Crippen molar-refractivity contribution in [1.82, 2.24) is 5.32 Å². The number of rotatable bonds is 5. The van der Waals surface area contributed by atoms with Crippen molar-refractivity contribution in [2.75, 3.05) is 7.11 Å². The van der Waals surface area contributed by atoms with Gasteiger partial charge < -0.3 is 10.1 Å². The van der Waals surface area contributed by atoms with Gasteiger partial charge in [-0.2, -0.15) is 0 Å². The molecule has 1 aromatic carbocycles. The lowest BCUT2D eigenvalue weighted by Crippen LogP contribution is -2.42. The van der Waals surface area contributed by atoms with Crippen LogP contribution in [-0.4, -0.2) is 25.3 Å². The molecule has 18 heavy (non-hydrogen) atoms. The summed E-state index contributed by atoms with van der Waals surface area (Å²) in [5.74, 6) is 0. The average molecular weight is 247 g/mol. The Kier molecular flexibility index (Phi) is 5.21. The third-order valence-electron chi connectivity index (χ3n) is 3.86. The second-order valence-electron chi connectivity index (χ2n) is 5.48. The standard InChI is InChI=1S/C16H25NO/c1-13(11-14-7-4-3-5-8-14)17-15-9-6-10-16(12-15)18-2/h3-5,7-8,13,15-17H,6,9-12H2,1-2H3. The van der Waals surface area contributed by atoms with Crippen LogP contribution in [0.4, 0.5) is 0 Å². The summed E-state index contributed by atoms with van der Waals surface area (Å²) in [6.45, 7) is 2.28. The summed E-state index contributed by atoms with van der Waals surface area (Å²) in [4.78, 5) is 0. The third-order valence-corrected chi connectivity index (χ3v) is 3.86. The summed E-state index contributed by atoms with van der Waals surface area (Å²) < 4.78 is 5.48. The maximum absolute atomic E-state index is 5.48. The molecule has 1 saturated carbocycles. The molecule has 1 fully saturated rings. The van der Waals surface area contributed by atoms with Crippen molar-refractivity contribution in [3.63, 3.8) is 0 Å². The molecule has 1 aliphatic carbocycles. The quantitative estimate of drug-likeness (QED) is 0.863. The van der Waals surface area contributed by atoms with E-state index in [1.165, 1.54) is 24.8 Å². The van der Waals surface area contributed by atoms with E-state index in [0.717, 1.165) is 12.8 Å². The zero-order chi connectivity index (χ0) is 12.8. The van der Waals surface area contributed by atoms with Crippen LogP contribution in [0.5, 0.6) is 0 Å².